The quantitative estimate of drug-likeness (QED) is 0.662. The normalized spacial score (nSPS) is 10.6. The zero-order valence-corrected chi connectivity index (χ0v) is 11.8. The van der Waals surface area contributed by atoms with Crippen LogP contribution in [0.15, 0.2) is 47.4 Å². The Morgan fingerprint density at radius 3 is 2.23 bits per heavy atom. The van der Waals surface area contributed by atoms with Gasteiger partial charge >= 0.3 is 0 Å². The smallest absolute Gasteiger partial charge is 0.298 e. The van der Waals surface area contributed by atoms with Crippen LogP contribution in [0.1, 0.15) is 23.3 Å². The van der Waals surface area contributed by atoms with Crippen molar-refractivity contribution in [1.29, 1.82) is 0 Å². The molecule has 22 heavy (non-hydrogen) atoms. The van der Waals surface area contributed by atoms with Gasteiger partial charge in [0.05, 0.1) is 12.7 Å². The largest absolute Gasteiger partial charge is 0.507 e. The Morgan fingerprint density at radius 1 is 1.14 bits per heavy atom. The molecule has 0 spiro atoms. The Kier molecular flexibility index (Phi) is 5.29. The van der Waals surface area contributed by atoms with Crippen LogP contribution in [0.5, 0.6) is 11.5 Å². The Morgan fingerprint density at radius 2 is 1.73 bits per heavy atom. The third kappa shape index (κ3) is 3.44. The second-order valence-corrected chi connectivity index (χ2v) is 5.58. The summed E-state index contributed by atoms with van der Waals surface area (Å²) in [7, 11) is -3.41. The summed E-state index contributed by atoms with van der Waals surface area (Å²) in [6.45, 7) is 0. The predicted molar refractivity (Wildman–Crippen MR) is 81.1 cm³/mol. The highest BCUT2D eigenvalue weighted by Crippen LogP contribution is 2.32. The number of phenolic OH excluding ortho intramolecular Hbond substituents is 1. The molecule has 118 valence electrons. The molecule has 0 atom stereocenters. The van der Waals surface area contributed by atoms with E-state index in [9.17, 15) is 18.3 Å². The molecular formula is C15H16O6S. The van der Waals surface area contributed by atoms with Crippen LogP contribution in [0.2, 0.25) is 0 Å². The molecule has 2 rings (SSSR count). The molecule has 0 aliphatic carbocycles. The van der Waals surface area contributed by atoms with Crippen LogP contribution in [0, 0.1) is 0 Å². The standard InChI is InChI=1S/C14H12O6S.CH4/c1-20-12-8-11(15)10(7-13(12)21(17,18)19)14(16)9-5-3-2-4-6-9;/h2-8,15H,1H3,(H,17,18,19);1H4. The number of ketones is 1. The van der Waals surface area contributed by atoms with E-state index >= 15 is 0 Å². The minimum atomic E-state index is -4.59. The van der Waals surface area contributed by atoms with E-state index in [4.69, 9.17) is 9.29 Å². The molecule has 0 amide bonds. The van der Waals surface area contributed by atoms with Gasteiger partial charge in [-0.2, -0.15) is 8.42 Å². The predicted octanol–water partition coefficient (Wildman–Crippen LogP) is 2.51. The van der Waals surface area contributed by atoms with Crippen molar-refractivity contribution >= 4 is 15.9 Å². The molecular weight excluding hydrogens is 308 g/mol. The molecule has 0 aliphatic heterocycles. The van der Waals surface area contributed by atoms with E-state index in [0.29, 0.717) is 0 Å². The Balaban J connectivity index is 0.00000242. The maximum Gasteiger partial charge on any atom is 0.298 e. The first kappa shape index (κ1) is 17.7. The highest BCUT2D eigenvalue weighted by molar-refractivity contribution is 7.86. The number of rotatable bonds is 4. The van der Waals surface area contributed by atoms with Gasteiger partial charge < -0.3 is 9.84 Å². The second kappa shape index (κ2) is 6.59. The zero-order chi connectivity index (χ0) is 15.6. The summed E-state index contributed by atoms with van der Waals surface area (Å²) in [5, 5.41) is 9.87. The first-order valence-electron chi connectivity index (χ1n) is 5.83. The second-order valence-electron chi connectivity index (χ2n) is 4.19. The number of carbonyl (C=O) groups is 1. The molecule has 0 heterocycles. The van der Waals surface area contributed by atoms with Gasteiger partial charge in [0, 0.05) is 11.6 Å². The van der Waals surface area contributed by atoms with E-state index in [1.54, 1.807) is 18.2 Å². The first-order valence-corrected chi connectivity index (χ1v) is 7.27. The molecule has 0 fully saturated rings. The molecule has 2 aromatic carbocycles. The van der Waals surface area contributed by atoms with Gasteiger partial charge in [0.25, 0.3) is 10.1 Å². The number of ether oxygens (including phenoxy) is 1. The molecule has 0 saturated carbocycles. The molecule has 0 aliphatic rings. The summed E-state index contributed by atoms with van der Waals surface area (Å²) in [4.78, 5) is 11.7. The summed E-state index contributed by atoms with van der Waals surface area (Å²) in [6, 6.07) is 9.90. The van der Waals surface area contributed by atoms with Crippen molar-refractivity contribution in [2.45, 2.75) is 12.3 Å². The van der Waals surface area contributed by atoms with Crippen LogP contribution >= 0.6 is 0 Å². The third-order valence-corrected chi connectivity index (χ3v) is 3.72. The molecule has 0 unspecified atom stereocenters. The van der Waals surface area contributed by atoms with E-state index in [-0.39, 0.29) is 24.3 Å². The molecule has 2 N–H and O–H groups in total. The fourth-order valence-electron chi connectivity index (χ4n) is 1.84. The average molecular weight is 324 g/mol. The lowest BCUT2D eigenvalue weighted by molar-refractivity contribution is 0.103. The summed E-state index contributed by atoms with van der Waals surface area (Å²) in [5.74, 6) is -1.26. The van der Waals surface area contributed by atoms with Gasteiger partial charge in [0.15, 0.2) is 5.78 Å². The van der Waals surface area contributed by atoms with Crippen LogP contribution < -0.4 is 4.74 Å². The molecule has 0 saturated heterocycles. The van der Waals surface area contributed by atoms with Crippen molar-refractivity contribution in [2.24, 2.45) is 0 Å². The fourth-order valence-corrected chi connectivity index (χ4v) is 2.50. The lowest BCUT2D eigenvalue weighted by Gasteiger charge is -2.10. The monoisotopic (exact) mass is 324 g/mol. The fraction of sp³-hybridized carbons (Fsp3) is 0.133. The Labute approximate surface area is 128 Å². The summed E-state index contributed by atoms with van der Waals surface area (Å²) < 4.78 is 36.6. The number of hydrogen-bond donors (Lipinski definition) is 2. The van der Waals surface area contributed by atoms with Gasteiger partial charge in [-0.1, -0.05) is 37.8 Å². The van der Waals surface area contributed by atoms with Crippen molar-refractivity contribution in [1.82, 2.24) is 0 Å². The van der Waals surface area contributed by atoms with Crippen molar-refractivity contribution in [3.63, 3.8) is 0 Å². The van der Waals surface area contributed by atoms with Crippen molar-refractivity contribution in [2.75, 3.05) is 7.11 Å². The van der Waals surface area contributed by atoms with Gasteiger partial charge in [-0.15, -0.1) is 0 Å². The van der Waals surface area contributed by atoms with Crippen molar-refractivity contribution in [3.8, 4) is 11.5 Å². The number of carbonyl (C=O) groups excluding carboxylic acids is 1. The molecule has 2 aromatic rings. The number of phenols is 1. The van der Waals surface area contributed by atoms with Gasteiger partial charge in [-0.25, -0.2) is 0 Å². The number of aromatic hydroxyl groups is 1. The number of hydrogen-bond acceptors (Lipinski definition) is 5. The van der Waals surface area contributed by atoms with Crippen LogP contribution in [0.4, 0.5) is 0 Å². The van der Waals surface area contributed by atoms with E-state index in [1.807, 2.05) is 0 Å². The molecule has 0 radical (unpaired) electrons. The molecule has 0 aromatic heterocycles. The van der Waals surface area contributed by atoms with E-state index in [2.05, 4.69) is 0 Å². The van der Waals surface area contributed by atoms with Crippen molar-refractivity contribution < 1.29 is 27.6 Å². The molecule has 6 nitrogen and oxygen atoms in total. The van der Waals surface area contributed by atoms with Gasteiger partial charge in [0.2, 0.25) is 0 Å². The van der Waals surface area contributed by atoms with Crippen molar-refractivity contribution in [3.05, 3.63) is 53.6 Å². The minimum absolute atomic E-state index is 0. The number of benzene rings is 2. The summed E-state index contributed by atoms with van der Waals surface area (Å²) in [6.07, 6.45) is 0. The Bertz CT molecular complexity index is 781. The molecule has 0 bridgehead atoms. The van der Waals surface area contributed by atoms with Crippen LogP contribution in [0.3, 0.4) is 0 Å². The lowest BCUT2D eigenvalue weighted by atomic mass is 10.0. The van der Waals surface area contributed by atoms with E-state index < -0.39 is 26.5 Å². The highest BCUT2D eigenvalue weighted by atomic mass is 32.2. The lowest BCUT2D eigenvalue weighted by Crippen LogP contribution is -2.07. The van der Waals surface area contributed by atoms with Crippen LogP contribution in [-0.2, 0) is 10.1 Å². The van der Waals surface area contributed by atoms with Crippen LogP contribution in [0.25, 0.3) is 0 Å². The van der Waals surface area contributed by atoms with Crippen LogP contribution in [-0.4, -0.2) is 31.0 Å². The highest BCUT2D eigenvalue weighted by Gasteiger charge is 2.23. The Hall–Kier alpha value is -2.38. The van der Waals surface area contributed by atoms with E-state index in [1.165, 1.54) is 19.2 Å². The van der Waals surface area contributed by atoms with Gasteiger partial charge in [-0.3, -0.25) is 9.35 Å². The minimum Gasteiger partial charge on any atom is -0.507 e. The van der Waals surface area contributed by atoms with Gasteiger partial charge in [-0.05, 0) is 6.07 Å². The van der Waals surface area contributed by atoms with Gasteiger partial charge in [0.1, 0.15) is 16.4 Å². The third-order valence-electron chi connectivity index (χ3n) is 2.84. The summed E-state index contributed by atoms with van der Waals surface area (Å²) >= 11 is 0. The summed E-state index contributed by atoms with van der Waals surface area (Å²) in [5.41, 5.74) is 0.0360. The number of methoxy groups -OCH3 is 1. The topological polar surface area (TPSA) is 101 Å². The molecule has 7 heteroatoms. The van der Waals surface area contributed by atoms with E-state index in [0.717, 1.165) is 12.1 Å². The maximum atomic E-state index is 12.3. The maximum absolute atomic E-state index is 12.3. The first-order chi connectivity index (χ1) is 9.84. The zero-order valence-electron chi connectivity index (χ0n) is 11.0. The average Bonchev–Trinajstić information content (AvgIpc) is 2.45. The SMILES string of the molecule is C.COc1cc(O)c(C(=O)c2ccccc2)cc1S(=O)(=O)O.